The maximum absolute atomic E-state index is 14.2. The van der Waals surface area contributed by atoms with Gasteiger partial charge in [0.05, 0.1) is 19.3 Å². The third-order valence-electron chi connectivity index (χ3n) is 6.41. The minimum Gasteiger partial charge on any atom is -0.394 e. The van der Waals surface area contributed by atoms with Crippen LogP contribution in [0.3, 0.4) is 0 Å². The van der Waals surface area contributed by atoms with Gasteiger partial charge in [0.25, 0.3) is 0 Å². The van der Waals surface area contributed by atoms with Gasteiger partial charge in [0.2, 0.25) is 5.91 Å². The first-order valence-electron chi connectivity index (χ1n) is 11.4. The summed E-state index contributed by atoms with van der Waals surface area (Å²) in [5.74, 6) is -0.656. The number of carbonyl (C=O) groups excluding carboxylic acids is 1. The van der Waals surface area contributed by atoms with Crippen molar-refractivity contribution in [2.75, 3.05) is 13.2 Å². The van der Waals surface area contributed by atoms with Crippen molar-refractivity contribution in [2.24, 2.45) is 0 Å². The van der Waals surface area contributed by atoms with Crippen molar-refractivity contribution < 1.29 is 73.7 Å². The van der Waals surface area contributed by atoms with E-state index in [1.165, 1.54) is 6.92 Å². The van der Waals surface area contributed by atoms with Gasteiger partial charge in [-0.3, -0.25) is 4.79 Å². The number of rotatable bonds is 7. The Bertz CT molecular complexity index is 735. The van der Waals surface area contributed by atoms with Gasteiger partial charge in [-0.15, -0.1) is 0 Å². The van der Waals surface area contributed by atoms with Crippen LogP contribution in [0.1, 0.15) is 13.8 Å². The lowest BCUT2D eigenvalue weighted by molar-refractivity contribution is -0.368. The molecule has 0 aromatic rings. The predicted molar refractivity (Wildman–Crippen MR) is 110 cm³/mol. The summed E-state index contributed by atoms with van der Waals surface area (Å²) in [4.78, 5) is 11.8. The molecule has 0 aliphatic carbocycles. The largest absolute Gasteiger partial charge is 0.394 e. The molecule has 9 N–H and O–H groups in total. The quantitative estimate of drug-likeness (QED) is 0.149. The fourth-order valence-electron chi connectivity index (χ4n) is 4.37. The molecule has 210 valence electrons. The van der Waals surface area contributed by atoms with Gasteiger partial charge >= 0.3 is 0 Å². The highest BCUT2D eigenvalue weighted by atomic mass is 19.1. The fourth-order valence-corrected chi connectivity index (χ4v) is 4.37. The first-order chi connectivity index (χ1) is 16.9. The van der Waals surface area contributed by atoms with Gasteiger partial charge in [0, 0.05) is 6.92 Å². The Balaban J connectivity index is 1.92. The Morgan fingerprint density at radius 2 is 1.36 bits per heavy atom. The van der Waals surface area contributed by atoms with Crippen LogP contribution in [-0.2, 0) is 28.5 Å². The number of nitrogens with one attached hydrogen (secondary N) is 1. The number of hydrogen-bond acceptors (Lipinski definition) is 14. The van der Waals surface area contributed by atoms with Gasteiger partial charge in [-0.2, -0.15) is 0 Å². The molecule has 3 heterocycles. The van der Waals surface area contributed by atoms with E-state index in [4.69, 9.17) is 23.7 Å². The lowest BCUT2D eigenvalue weighted by Crippen LogP contribution is -2.69. The van der Waals surface area contributed by atoms with Crippen LogP contribution < -0.4 is 5.32 Å². The van der Waals surface area contributed by atoms with Crippen LogP contribution >= 0.6 is 0 Å². The SMILES string of the molecule is CC(=O)N[C@@H]1[C@@H](O[C@@H]2O[C@@H](C)[C@@H](O)[C@@H](O)[C@@H]2O)[C@H](O[C@@H]2O[C@H](CO)[C@H](F)[C@H](O)[C@H]2O)[C@@H](CO)O[C@H]1O. The molecule has 0 aromatic carbocycles. The van der Waals surface area contributed by atoms with Crippen molar-refractivity contribution in [3.63, 3.8) is 0 Å². The molecule has 0 aromatic heterocycles. The zero-order valence-electron chi connectivity index (χ0n) is 19.5. The summed E-state index contributed by atoms with van der Waals surface area (Å²) >= 11 is 0. The average Bonchev–Trinajstić information content (AvgIpc) is 2.84. The monoisotopic (exact) mass is 531 g/mol. The Morgan fingerprint density at radius 3 is 1.94 bits per heavy atom. The summed E-state index contributed by atoms with van der Waals surface area (Å²) in [6, 6.07) is -1.43. The number of halogens is 1. The maximum atomic E-state index is 14.2. The van der Waals surface area contributed by atoms with Crippen LogP contribution in [0.5, 0.6) is 0 Å². The Morgan fingerprint density at radius 1 is 0.806 bits per heavy atom. The summed E-state index contributed by atoms with van der Waals surface area (Å²) in [5, 5.41) is 82.9. The molecule has 0 radical (unpaired) electrons. The van der Waals surface area contributed by atoms with E-state index in [2.05, 4.69) is 5.32 Å². The normalized spacial score (nSPS) is 50.0. The molecule has 36 heavy (non-hydrogen) atoms. The number of ether oxygens (including phenoxy) is 5. The van der Waals surface area contributed by atoms with E-state index >= 15 is 0 Å². The van der Waals surface area contributed by atoms with E-state index in [1.54, 1.807) is 0 Å². The molecule has 0 saturated carbocycles. The van der Waals surface area contributed by atoms with Gasteiger partial charge in [-0.05, 0) is 6.92 Å². The predicted octanol–water partition coefficient (Wildman–Crippen LogP) is -5.42. The van der Waals surface area contributed by atoms with Crippen molar-refractivity contribution in [2.45, 2.75) is 106 Å². The van der Waals surface area contributed by atoms with Crippen LogP contribution in [0.25, 0.3) is 0 Å². The molecule has 3 saturated heterocycles. The molecule has 0 bridgehead atoms. The molecule has 16 heteroatoms. The molecule has 15 nitrogen and oxygen atoms in total. The topological polar surface area (TPSA) is 237 Å². The Hall–Kier alpha value is -1.12. The van der Waals surface area contributed by atoms with E-state index in [0.29, 0.717) is 0 Å². The number of aliphatic hydroxyl groups is 8. The molecule has 3 fully saturated rings. The highest BCUT2D eigenvalue weighted by Crippen LogP contribution is 2.33. The van der Waals surface area contributed by atoms with Gasteiger partial charge in [-0.25, -0.2) is 4.39 Å². The van der Waals surface area contributed by atoms with Crippen LogP contribution in [0.2, 0.25) is 0 Å². The highest BCUT2D eigenvalue weighted by Gasteiger charge is 2.54. The summed E-state index contributed by atoms with van der Waals surface area (Å²) in [7, 11) is 0. The van der Waals surface area contributed by atoms with Crippen molar-refractivity contribution in [3.05, 3.63) is 0 Å². The first-order valence-corrected chi connectivity index (χ1v) is 11.4. The molecular formula is C20H34FNO14. The molecule has 1 amide bonds. The van der Waals surface area contributed by atoms with Gasteiger partial charge in [0.1, 0.15) is 61.0 Å². The molecule has 3 rings (SSSR count). The zero-order chi connectivity index (χ0) is 26.9. The third-order valence-corrected chi connectivity index (χ3v) is 6.41. The smallest absolute Gasteiger partial charge is 0.217 e. The van der Waals surface area contributed by atoms with Gasteiger partial charge in [-0.1, -0.05) is 0 Å². The molecule has 3 aliphatic rings. The molecule has 15 atom stereocenters. The maximum Gasteiger partial charge on any atom is 0.217 e. The van der Waals surface area contributed by atoms with Crippen molar-refractivity contribution >= 4 is 5.91 Å². The van der Waals surface area contributed by atoms with Gasteiger partial charge in [0.15, 0.2) is 25.0 Å². The molecule has 0 unspecified atom stereocenters. The van der Waals surface area contributed by atoms with Crippen LogP contribution in [0, 0.1) is 0 Å². The van der Waals surface area contributed by atoms with Crippen LogP contribution in [0.4, 0.5) is 4.39 Å². The average molecular weight is 531 g/mol. The van der Waals surface area contributed by atoms with Crippen LogP contribution in [-0.4, -0.2) is 152 Å². The van der Waals surface area contributed by atoms with Crippen molar-refractivity contribution in [1.29, 1.82) is 0 Å². The molecular weight excluding hydrogens is 497 g/mol. The number of amides is 1. The molecule has 3 aliphatic heterocycles. The number of carbonyl (C=O) groups is 1. The minimum absolute atomic E-state index is 0.656. The van der Waals surface area contributed by atoms with E-state index < -0.39 is 111 Å². The minimum atomic E-state index is -2.15. The van der Waals surface area contributed by atoms with Crippen LogP contribution in [0.15, 0.2) is 0 Å². The van der Waals surface area contributed by atoms with Crippen molar-refractivity contribution in [1.82, 2.24) is 5.32 Å². The lowest BCUT2D eigenvalue weighted by atomic mass is 9.94. The third kappa shape index (κ3) is 5.96. The number of alkyl halides is 1. The standard InChI is InChI=1S/C20H34FNO14/c1-5-11(26)13(28)15(30)19(32-5)36-17-10(22-6(2)25)18(31)33-8(4-24)16(17)35-20-14(29)12(27)9(21)7(3-23)34-20/h5,7-20,23-24,26-31H,3-4H2,1-2H3,(H,22,25)/t5-,7+,8+,9-,10+,11+,12-,13+,14+,15-,16+,17+,18+,19-,20-/m0/s1. The Kier molecular flexibility index (Phi) is 9.94. The first kappa shape index (κ1) is 29.4. The lowest BCUT2D eigenvalue weighted by Gasteiger charge is -2.49. The second-order valence-corrected chi connectivity index (χ2v) is 9.01. The Labute approximate surface area is 204 Å². The molecule has 0 spiro atoms. The second kappa shape index (κ2) is 12.2. The summed E-state index contributed by atoms with van der Waals surface area (Å²) in [5.41, 5.74) is 0. The summed E-state index contributed by atoms with van der Waals surface area (Å²) in [6.07, 6.45) is -23.4. The number of hydrogen-bond donors (Lipinski definition) is 9. The zero-order valence-corrected chi connectivity index (χ0v) is 19.5. The fraction of sp³-hybridized carbons (Fsp3) is 0.950. The highest BCUT2D eigenvalue weighted by molar-refractivity contribution is 5.73. The van der Waals surface area contributed by atoms with E-state index in [-0.39, 0.29) is 0 Å². The second-order valence-electron chi connectivity index (χ2n) is 9.01. The summed E-state index contributed by atoms with van der Waals surface area (Å²) in [6.45, 7) is 0.827. The van der Waals surface area contributed by atoms with Crippen molar-refractivity contribution in [3.8, 4) is 0 Å². The summed E-state index contributed by atoms with van der Waals surface area (Å²) < 4.78 is 41.6. The van der Waals surface area contributed by atoms with E-state index in [9.17, 15) is 50.0 Å². The number of aliphatic hydroxyl groups excluding tert-OH is 8. The van der Waals surface area contributed by atoms with E-state index in [1.807, 2.05) is 0 Å². The van der Waals surface area contributed by atoms with Gasteiger partial charge < -0.3 is 69.9 Å². The van der Waals surface area contributed by atoms with E-state index in [0.717, 1.165) is 6.92 Å².